The lowest BCUT2D eigenvalue weighted by atomic mass is 10.3. The molecule has 0 saturated heterocycles. The number of hydrogen-bond acceptors (Lipinski definition) is 4. The van der Waals surface area contributed by atoms with Gasteiger partial charge in [0, 0.05) is 37.5 Å². The normalized spacial score (nSPS) is 11.1. The maximum Gasteiger partial charge on any atom is 0.236 e. The highest BCUT2D eigenvalue weighted by molar-refractivity contribution is 7.80. The Labute approximate surface area is 130 Å². The molecule has 6 heteroatoms. The first-order chi connectivity index (χ1) is 9.40. The molecule has 20 heavy (non-hydrogen) atoms. The average Bonchev–Trinajstić information content (AvgIpc) is 2.87. The number of carbonyl (C=O) groups is 1. The average molecular weight is 313 g/mol. The SMILES string of the molecule is CC(C)N(CC(=O)N(C)CCC(N)=S)Cc1cccs1. The minimum Gasteiger partial charge on any atom is -0.393 e. The van der Waals surface area contributed by atoms with Crippen molar-refractivity contribution in [3.05, 3.63) is 22.4 Å². The summed E-state index contributed by atoms with van der Waals surface area (Å²) in [6, 6.07) is 4.46. The number of hydrogen-bond donors (Lipinski definition) is 1. The van der Waals surface area contributed by atoms with Gasteiger partial charge in [-0.15, -0.1) is 11.3 Å². The van der Waals surface area contributed by atoms with E-state index in [2.05, 4.69) is 30.2 Å². The third-order valence-electron chi connectivity index (χ3n) is 3.13. The van der Waals surface area contributed by atoms with Crippen LogP contribution < -0.4 is 5.73 Å². The summed E-state index contributed by atoms with van der Waals surface area (Å²) >= 11 is 6.56. The summed E-state index contributed by atoms with van der Waals surface area (Å²) in [6.45, 7) is 6.03. The van der Waals surface area contributed by atoms with Gasteiger partial charge in [-0.2, -0.15) is 0 Å². The first-order valence-electron chi connectivity index (χ1n) is 6.69. The number of nitrogens with zero attached hydrogens (tertiary/aromatic N) is 2. The Morgan fingerprint density at radius 1 is 1.50 bits per heavy atom. The smallest absolute Gasteiger partial charge is 0.236 e. The third-order valence-corrected chi connectivity index (χ3v) is 4.19. The van der Waals surface area contributed by atoms with Gasteiger partial charge in [0.15, 0.2) is 0 Å². The zero-order chi connectivity index (χ0) is 15.1. The van der Waals surface area contributed by atoms with Crippen LogP contribution in [0.3, 0.4) is 0 Å². The van der Waals surface area contributed by atoms with Crippen LogP contribution in [0, 0.1) is 0 Å². The summed E-state index contributed by atoms with van der Waals surface area (Å²) in [5.41, 5.74) is 5.47. The Kier molecular flexibility index (Phi) is 7.12. The molecule has 0 unspecified atom stereocenters. The second-order valence-corrected chi connectivity index (χ2v) is 6.67. The Morgan fingerprint density at radius 3 is 2.70 bits per heavy atom. The molecule has 4 nitrogen and oxygen atoms in total. The zero-order valence-corrected chi connectivity index (χ0v) is 14.0. The molecule has 0 radical (unpaired) electrons. The van der Waals surface area contributed by atoms with Crippen molar-refractivity contribution >= 4 is 34.5 Å². The Hall–Kier alpha value is -0.980. The second-order valence-electron chi connectivity index (χ2n) is 5.11. The van der Waals surface area contributed by atoms with Gasteiger partial charge in [-0.05, 0) is 25.3 Å². The molecule has 0 aliphatic carbocycles. The van der Waals surface area contributed by atoms with Crippen LogP contribution in [0.5, 0.6) is 0 Å². The number of nitrogens with two attached hydrogens (primary N) is 1. The molecular formula is C14H23N3OS2. The monoisotopic (exact) mass is 313 g/mol. The van der Waals surface area contributed by atoms with Crippen molar-refractivity contribution in [1.29, 1.82) is 0 Å². The Balaban J connectivity index is 2.52. The van der Waals surface area contributed by atoms with Crippen LogP contribution in [-0.2, 0) is 11.3 Å². The van der Waals surface area contributed by atoms with E-state index in [4.69, 9.17) is 18.0 Å². The van der Waals surface area contributed by atoms with Crippen LogP contribution in [0.2, 0.25) is 0 Å². The highest BCUT2D eigenvalue weighted by Gasteiger charge is 2.17. The molecule has 2 N–H and O–H groups in total. The highest BCUT2D eigenvalue weighted by atomic mass is 32.1. The van der Waals surface area contributed by atoms with Crippen LogP contribution in [0.15, 0.2) is 17.5 Å². The molecule has 1 heterocycles. The van der Waals surface area contributed by atoms with Crippen molar-refractivity contribution in [2.75, 3.05) is 20.1 Å². The topological polar surface area (TPSA) is 49.6 Å². The van der Waals surface area contributed by atoms with Crippen molar-refractivity contribution in [2.24, 2.45) is 5.73 Å². The van der Waals surface area contributed by atoms with E-state index in [0.29, 0.717) is 30.5 Å². The van der Waals surface area contributed by atoms with Crippen molar-refractivity contribution < 1.29 is 4.79 Å². The lowest BCUT2D eigenvalue weighted by Gasteiger charge is -2.27. The number of likely N-dealkylation sites (N-methyl/N-ethyl adjacent to an activating group) is 1. The maximum absolute atomic E-state index is 12.2. The lowest BCUT2D eigenvalue weighted by molar-refractivity contribution is -0.131. The molecule has 0 spiro atoms. The predicted molar refractivity (Wildman–Crippen MR) is 88.9 cm³/mol. The van der Waals surface area contributed by atoms with E-state index in [1.165, 1.54) is 4.88 Å². The summed E-state index contributed by atoms with van der Waals surface area (Å²) in [7, 11) is 1.80. The van der Waals surface area contributed by atoms with Gasteiger partial charge in [-0.1, -0.05) is 18.3 Å². The predicted octanol–water partition coefficient (Wildman–Crippen LogP) is 2.09. The van der Waals surface area contributed by atoms with Gasteiger partial charge in [0.05, 0.1) is 11.5 Å². The Morgan fingerprint density at radius 2 is 2.20 bits per heavy atom. The fourth-order valence-electron chi connectivity index (χ4n) is 1.72. The summed E-state index contributed by atoms with van der Waals surface area (Å²) < 4.78 is 0. The van der Waals surface area contributed by atoms with E-state index >= 15 is 0 Å². The van der Waals surface area contributed by atoms with E-state index in [9.17, 15) is 4.79 Å². The minimum atomic E-state index is 0.103. The van der Waals surface area contributed by atoms with Crippen LogP contribution in [0.4, 0.5) is 0 Å². The standard InChI is InChI=1S/C14H23N3OS2/c1-11(2)17(9-12-5-4-8-20-12)10-14(18)16(3)7-6-13(15)19/h4-5,8,11H,6-7,9-10H2,1-3H3,(H2,15,19). The van der Waals surface area contributed by atoms with Gasteiger partial charge in [-0.25, -0.2) is 0 Å². The van der Waals surface area contributed by atoms with Crippen molar-refractivity contribution in [2.45, 2.75) is 32.9 Å². The number of rotatable bonds is 8. The number of thiocarbonyl (C=S) groups is 1. The summed E-state index contributed by atoms with van der Waals surface area (Å²) in [5.74, 6) is 0.103. The zero-order valence-electron chi connectivity index (χ0n) is 12.3. The summed E-state index contributed by atoms with van der Waals surface area (Å²) in [6.07, 6.45) is 0.574. The molecule has 0 aliphatic rings. The molecule has 0 atom stereocenters. The fourth-order valence-corrected chi connectivity index (χ4v) is 2.54. The third kappa shape index (κ3) is 5.98. The molecule has 0 aromatic carbocycles. The molecule has 1 aromatic heterocycles. The molecule has 112 valence electrons. The molecule has 0 aliphatic heterocycles. The van der Waals surface area contributed by atoms with Gasteiger partial charge < -0.3 is 10.6 Å². The molecular weight excluding hydrogens is 290 g/mol. The van der Waals surface area contributed by atoms with Crippen LogP contribution >= 0.6 is 23.6 Å². The van der Waals surface area contributed by atoms with Crippen LogP contribution in [0.25, 0.3) is 0 Å². The fraction of sp³-hybridized carbons (Fsp3) is 0.571. The molecule has 1 amide bonds. The van der Waals surface area contributed by atoms with Crippen molar-refractivity contribution in [3.63, 3.8) is 0 Å². The van der Waals surface area contributed by atoms with E-state index in [1.807, 2.05) is 6.07 Å². The van der Waals surface area contributed by atoms with E-state index in [1.54, 1.807) is 23.3 Å². The lowest BCUT2D eigenvalue weighted by Crippen LogP contribution is -2.41. The summed E-state index contributed by atoms with van der Waals surface area (Å²) in [4.78, 5) is 17.8. The van der Waals surface area contributed by atoms with Crippen LogP contribution in [-0.4, -0.2) is 46.9 Å². The Bertz CT molecular complexity index is 432. The van der Waals surface area contributed by atoms with Crippen molar-refractivity contribution in [1.82, 2.24) is 9.80 Å². The maximum atomic E-state index is 12.2. The molecule has 0 saturated carbocycles. The van der Waals surface area contributed by atoms with Gasteiger partial charge in [0.25, 0.3) is 0 Å². The quantitative estimate of drug-likeness (QED) is 0.747. The minimum absolute atomic E-state index is 0.103. The first kappa shape index (κ1) is 17.1. The molecule has 0 bridgehead atoms. The first-order valence-corrected chi connectivity index (χ1v) is 7.97. The number of carbonyl (C=O) groups excluding carboxylic acids is 1. The number of thiophene rings is 1. The molecule has 1 aromatic rings. The van der Waals surface area contributed by atoms with Gasteiger partial charge in [-0.3, -0.25) is 9.69 Å². The van der Waals surface area contributed by atoms with Gasteiger partial charge >= 0.3 is 0 Å². The largest absolute Gasteiger partial charge is 0.393 e. The summed E-state index contributed by atoms with van der Waals surface area (Å²) in [5, 5.41) is 2.06. The van der Waals surface area contributed by atoms with Crippen LogP contribution in [0.1, 0.15) is 25.1 Å². The highest BCUT2D eigenvalue weighted by Crippen LogP contribution is 2.14. The number of amides is 1. The van der Waals surface area contributed by atoms with E-state index < -0.39 is 0 Å². The van der Waals surface area contributed by atoms with Crippen molar-refractivity contribution in [3.8, 4) is 0 Å². The van der Waals surface area contributed by atoms with E-state index in [0.717, 1.165) is 6.54 Å². The van der Waals surface area contributed by atoms with Gasteiger partial charge in [0.1, 0.15) is 0 Å². The molecule has 0 fully saturated rings. The van der Waals surface area contributed by atoms with E-state index in [-0.39, 0.29) is 5.91 Å². The van der Waals surface area contributed by atoms with Gasteiger partial charge in [0.2, 0.25) is 5.91 Å². The second kappa shape index (κ2) is 8.34. The molecule has 1 rings (SSSR count).